The largest absolute Gasteiger partial charge is 0.482 e. The van der Waals surface area contributed by atoms with Crippen LogP contribution in [0.15, 0.2) is 30.3 Å². The fraction of sp³-hybridized carbons (Fsp3) is 0.318. The standard InChI is InChI=1S/C22H23N5O3/c1-12-20(25-18-9-15(22(28)30-3)10-19(29-2)27(12)18)16-8-14-6-7-17(23)24-21(14)26(16)11-13-4-5-13/h6-10,13H,4-5,11H2,1-3H3,(H2,23,24). The molecule has 0 radical (unpaired) electrons. The molecule has 154 valence electrons. The minimum Gasteiger partial charge on any atom is -0.482 e. The molecule has 0 aromatic carbocycles. The van der Waals surface area contributed by atoms with Gasteiger partial charge in [0.2, 0.25) is 0 Å². The van der Waals surface area contributed by atoms with E-state index in [2.05, 4.69) is 15.6 Å². The van der Waals surface area contributed by atoms with E-state index in [0.717, 1.165) is 34.7 Å². The Morgan fingerprint density at radius 3 is 2.70 bits per heavy atom. The van der Waals surface area contributed by atoms with Crippen LogP contribution in [0.1, 0.15) is 28.9 Å². The van der Waals surface area contributed by atoms with E-state index >= 15 is 0 Å². The maximum atomic E-state index is 12.1. The lowest BCUT2D eigenvalue weighted by Gasteiger charge is -2.10. The molecule has 1 aliphatic carbocycles. The number of esters is 1. The van der Waals surface area contributed by atoms with Crippen LogP contribution in [0.2, 0.25) is 0 Å². The summed E-state index contributed by atoms with van der Waals surface area (Å²) in [6.45, 7) is 2.88. The topological polar surface area (TPSA) is 96.7 Å². The third-order valence-corrected chi connectivity index (χ3v) is 5.69. The molecule has 0 aliphatic heterocycles. The van der Waals surface area contributed by atoms with E-state index in [0.29, 0.717) is 28.8 Å². The maximum Gasteiger partial charge on any atom is 0.338 e. The van der Waals surface area contributed by atoms with Crippen molar-refractivity contribution in [3.8, 4) is 17.3 Å². The number of nitrogen functional groups attached to an aromatic ring is 1. The number of anilines is 1. The van der Waals surface area contributed by atoms with E-state index in [1.807, 2.05) is 23.5 Å². The van der Waals surface area contributed by atoms with E-state index in [-0.39, 0.29) is 0 Å². The highest BCUT2D eigenvalue weighted by atomic mass is 16.5. The maximum absolute atomic E-state index is 12.1. The average Bonchev–Trinajstić information content (AvgIpc) is 3.42. The molecule has 4 aromatic heterocycles. The molecule has 5 rings (SSSR count). The van der Waals surface area contributed by atoms with Crippen molar-refractivity contribution in [3.05, 3.63) is 41.6 Å². The van der Waals surface area contributed by atoms with E-state index in [1.165, 1.54) is 20.0 Å². The molecule has 2 N–H and O–H groups in total. The molecule has 0 unspecified atom stereocenters. The highest BCUT2D eigenvalue weighted by Gasteiger charge is 2.26. The molecule has 4 aromatic rings. The van der Waals surface area contributed by atoms with Crippen molar-refractivity contribution in [3.63, 3.8) is 0 Å². The van der Waals surface area contributed by atoms with Crippen LogP contribution < -0.4 is 10.5 Å². The van der Waals surface area contributed by atoms with Crippen molar-refractivity contribution >= 4 is 28.5 Å². The fourth-order valence-corrected chi connectivity index (χ4v) is 3.99. The first-order valence-electron chi connectivity index (χ1n) is 9.91. The Hall–Kier alpha value is -3.55. The predicted octanol–water partition coefficient (Wildman–Crippen LogP) is 3.45. The molecule has 0 amide bonds. The van der Waals surface area contributed by atoms with Crippen molar-refractivity contribution in [2.24, 2.45) is 5.92 Å². The number of hydrogen-bond donors (Lipinski definition) is 1. The Balaban J connectivity index is 1.76. The Morgan fingerprint density at radius 2 is 2.00 bits per heavy atom. The van der Waals surface area contributed by atoms with Crippen LogP contribution in [0.5, 0.6) is 5.88 Å². The molecule has 0 spiro atoms. The zero-order valence-electron chi connectivity index (χ0n) is 17.2. The summed E-state index contributed by atoms with van der Waals surface area (Å²) in [5.41, 5.74) is 10.6. The normalized spacial score (nSPS) is 13.8. The van der Waals surface area contributed by atoms with Gasteiger partial charge in [0.1, 0.15) is 22.8 Å². The van der Waals surface area contributed by atoms with Gasteiger partial charge >= 0.3 is 5.97 Å². The molecule has 1 saturated carbocycles. The highest BCUT2D eigenvalue weighted by Crippen LogP contribution is 2.37. The molecule has 1 aliphatic rings. The molecule has 0 atom stereocenters. The number of pyridine rings is 2. The van der Waals surface area contributed by atoms with Gasteiger partial charge in [-0.15, -0.1) is 0 Å². The molecule has 30 heavy (non-hydrogen) atoms. The lowest BCUT2D eigenvalue weighted by atomic mass is 10.2. The Bertz CT molecular complexity index is 1300. The number of nitrogens with zero attached hydrogens (tertiary/aromatic N) is 4. The van der Waals surface area contributed by atoms with E-state index < -0.39 is 5.97 Å². The number of hydrogen-bond acceptors (Lipinski definition) is 6. The van der Waals surface area contributed by atoms with Gasteiger partial charge in [0.15, 0.2) is 5.88 Å². The number of carbonyl (C=O) groups is 1. The molecule has 0 saturated heterocycles. The Morgan fingerprint density at radius 1 is 1.20 bits per heavy atom. The number of imidazole rings is 1. The minimum absolute atomic E-state index is 0.395. The molecule has 0 bridgehead atoms. The third kappa shape index (κ3) is 2.87. The second kappa shape index (κ2) is 6.76. The van der Waals surface area contributed by atoms with Crippen LogP contribution in [-0.2, 0) is 11.3 Å². The zero-order valence-corrected chi connectivity index (χ0v) is 17.2. The predicted molar refractivity (Wildman–Crippen MR) is 114 cm³/mol. The van der Waals surface area contributed by atoms with E-state index in [1.54, 1.807) is 19.2 Å². The van der Waals surface area contributed by atoms with Gasteiger partial charge in [-0.1, -0.05) is 0 Å². The van der Waals surface area contributed by atoms with Crippen molar-refractivity contribution < 1.29 is 14.3 Å². The summed E-state index contributed by atoms with van der Waals surface area (Å²) in [5.74, 6) is 1.25. The van der Waals surface area contributed by atoms with Crippen molar-refractivity contribution in [1.29, 1.82) is 0 Å². The average molecular weight is 405 g/mol. The first kappa shape index (κ1) is 18.5. The monoisotopic (exact) mass is 405 g/mol. The van der Waals surface area contributed by atoms with Crippen molar-refractivity contribution in [1.82, 2.24) is 18.9 Å². The number of aryl methyl sites for hydroxylation is 1. The Labute approximate surface area is 173 Å². The van der Waals surface area contributed by atoms with Gasteiger partial charge in [-0.25, -0.2) is 14.8 Å². The van der Waals surface area contributed by atoms with Gasteiger partial charge in [-0.3, -0.25) is 4.40 Å². The first-order valence-corrected chi connectivity index (χ1v) is 9.91. The van der Waals surface area contributed by atoms with Crippen LogP contribution >= 0.6 is 0 Å². The summed E-state index contributed by atoms with van der Waals surface area (Å²) in [5, 5.41) is 1.03. The SMILES string of the molecule is COC(=O)c1cc(OC)n2c(C)c(-c3cc4ccc(N)nc4n3CC3CC3)nc2c1. The smallest absolute Gasteiger partial charge is 0.338 e. The Kier molecular flexibility index (Phi) is 4.16. The van der Waals surface area contributed by atoms with E-state index in [4.69, 9.17) is 20.2 Å². The summed E-state index contributed by atoms with van der Waals surface area (Å²) in [6.07, 6.45) is 2.45. The van der Waals surface area contributed by atoms with E-state index in [9.17, 15) is 4.79 Å². The molecular formula is C22H23N5O3. The molecular weight excluding hydrogens is 382 g/mol. The third-order valence-electron chi connectivity index (χ3n) is 5.69. The number of ether oxygens (including phenoxy) is 2. The van der Waals surface area contributed by atoms with Crippen LogP contribution in [-0.4, -0.2) is 39.1 Å². The second-order valence-electron chi connectivity index (χ2n) is 7.75. The summed E-state index contributed by atoms with van der Waals surface area (Å²) >= 11 is 0. The molecule has 4 heterocycles. The number of rotatable bonds is 5. The number of aromatic nitrogens is 4. The van der Waals surface area contributed by atoms with Gasteiger partial charge in [0.25, 0.3) is 0 Å². The van der Waals surface area contributed by atoms with Crippen molar-refractivity contribution in [2.45, 2.75) is 26.3 Å². The number of carbonyl (C=O) groups excluding carboxylic acids is 1. The lowest BCUT2D eigenvalue weighted by molar-refractivity contribution is 0.0600. The number of methoxy groups -OCH3 is 2. The van der Waals surface area contributed by atoms with Crippen LogP contribution in [0.3, 0.4) is 0 Å². The number of nitrogens with two attached hydrogens (primary N) is 1. The summed E-state index contributed by atoms with van der Waals surface area (Å²) < 4.78 is 14.5. The quantitative estimate of drug-likeness (QED) is 0.511. The van der Waals surface area contributed by atoms with Gasteiger partial charge < -0.3 is 19.8 Å². The summed E-state index contributed by atoms with van der Waals surface area (Å²) in [6, 6.07) is 9.29. The summed E-state index contributed by atoms with van der Waals surface area (Å²) in [7, 11) is 2.93. The molecule has 8 nitrogen and oxygen atoms in total. The first-order chi connectivity index (χ1) is 14.5. The van der Waals surface area contributed by atoms with Gasteiger partial charge in [-0.2, -0.15) is 0 Å². The van der Waals surface area contributed by atoms with Gasteiger partial charge in [-0.05, 0) is 49.9 Å². The van der Waals surface area contributed by atoms with Gasteiger partial charge in [0.05, 0.1) is 31.2 Å². The van der Waals surface area contributed by atoms with Crippen LogP contribution in [0, 0.1) is 12.8 Å². The lowest BCUT2D eigenvalue weighted by Crippen LogP contribution is -2.05. The van der Waals surface area contributed by atoms with Gasteiger partial charge in [0, 0.05) is 18.0 Å². The molecule has 1 fully saturated rings. The summed E-state index contributed by atoms with van der Waals surface area (Å²) in [4.78, 5) is 21.5. The number of fused-ring (bicyclic) bond motifs is 2. The minimum atomic E-state index is -0.430. The zero-order chi connectivity index (χ0) is 21.0. The van der Waals surface area contributed by atoms with Crippen LogP contribution in [0.4, 0.5) is 5.82 Å². The van der Waals surface area contributed by atoms with Crippen molar-refractivity contribution in [2.75, 3.05) is 20.0 Å². The second-order valence-corrected chi connectivity index (χ2v) is 7.75. The van der Waals surface area contributed by atoms with Crippen LogP contribution in [0.25, 0.3) is 28.1 Å². The molecule has 8 heteroatoms. The highest BCUT2D eigenvalue weighted by molar-refractivity contribution is 5.91. The fourth-order valence-electron chi connectivity index (χ4n) is 3.99.